The smallest absolute Gasteiger partial charge is 0.308 e. The van der Waals surface area contributed by atoms with E-state index in [1.807, 2.05) is 18.5 Å². The largest absolute Gasteiger partial charge is 0.466 e. The monoisotopic (exact) mass is 280 g/mol. The van der Waals surface area contributed by atoms with Crippen LogP contribution in [-0.4, -0.2) is 39.9 Å². The van der Waals surface area contributed by atoms with Crippen molar-refractivity contribution in [1.29, 1.82) is 0 Å². The predicted molar refractivity (Wildman–Crippen MR) is 75.1 cm³/mol. The fourth-order valence-electron chi connectivity index (χ4n) is 2.77. The maximum atomic E-state index is 11.8. The van der Waals surface area contributed by atoms with E-state index in [1.165, 1.54) is 0 Å². The molecule has 1 aliphatic carbocycles. The van der Waals surface area contributed by atoms with Crippen molar-refractivity contribution in [3.8, 4) is 0 Å². The standard InChI is InChI=1S/C14H24N4O2/c1-3-20-14(19)11-5-4-6-12(9-11)15-8-7-13-17-16-10-18(13)2/h10-12,15H,3-9H2,1-2H3. The molecule has 112 valence electrons. The molecule has 0 spiro atoms. The Balaban J connectivity index is 1.73. The summed E-state index contributed by atoms with van der Waals surface area (Å²) in [5.41, 5.74) is 0. The molecule has 2 atom stereocenters. The van der Waals surface area contributed by atoms with Crippen LogP contribution in [-0.2, 0) is 23.0 Å². The third kappa shape index (κ3) is 4.03. The fraction of sp³-hybridized carbons (Fsp3) is 0.786. The SMILES string of the molecule is CCOC(=O)C1CCCC(NCCc2nncn2C)C1. The zero-order valence-corrected chi connectivity index (χ0v) is 12.3. The maximum Gasteiger partial charge on any atom is 0.308 e. The quantitative estimate of drug-likeness (QED) is 0.789. The zero-order chi connectivity index (χ0) is 14.4. The molecule has 6 nitrogen and oxygen atoms in total. The first kappa shape index (κ1) is 15.0. The average Bonchev–Trinajstić information content (AvgIpc) is 2.85. The van der Waals surface area contributed by atoms with E-state index in [2.05, 4.69) is 15.5 Å². The number of nitrogens with zero attached hydrogens (tertiary/aromatic N) is 3. The maximum absolute atomic E-state index is 11.8. The van der Waals surface area contributed by atoms with Gasteiger partial charge in [-0.15, -0.1) is 10.2 Å². The molecule has 0 radical (unpaired) electrons. The number of carbonyl (C=O) groups excluding carboxylic acids is 1. The van der Waals surface area contributed by atoms with Crippen molar-refractivity contribution in [3.05, 3.63) is 12.2 Å². The summed E-state index contributed by atoms with van der Waals surface area (Å²) in [5.74, 6) is 1.01. The predicted octanol–water partition coefficient (Wildman–Crippen LogP) is 1.07. The lowest BCUT2D eigenvalue weighted by Gasteiger charge is -2.28. The van der Waals surface area contributed by atoms with Gasteiger partial charge in [-0.1, -0.05) is 6.42 Å². The van der Waals surface area contributed by atoms with Gasteiger partial charge in [0.25, 0.3) is 0 Å². The average molecular weight is 280 g/mol. The number of rotatable bonds is 6. The Labute approximate surface area is 119 Å². The first-order valence-electron chi connectivity index (χ1n) is 7.43. The van der Waals surface area contributed by atoms with E-state index in [4.69, 9.17) is 4.74 Å². The van der Waals surface area contributed by atoms with Gasteiger partial charge >= 0.3 is 5.97 Å². The molecule has 0 aromatic carbocycles. The molecule has 20 heavy (non-hydrogen) atoms. The number of esters is 1. The van der Waals surface area contributed by atoms with Crippen LogP contribution in [0.5, 0.6) is 0 Å². The second kappa shape index (κ2) is 7.38. The highest BCUT2D eigenvalue weighted by Crippen LogP contribution is 2.25. The van der Waals surface area contributed by atoms with Crippen molar-refractivity contribution in [1.82, 2.24) is 20.1 Å². The van der Waals surface area contributed by atoms with E-state index in [0.717, 1.165) is 44.5 Å². The van der Waals surface area contributed by atoms with Gasteiger partial charge in [0.2, 0.25) is 0 Å². The molecule has 1 aliphatic rings. The first-order chi connectivity index (χ1) is 9.70. The topological polar surface area (TPSA) is 69.0 Å². The number of nitrogens with one attached hydrogen (secondary N) is 1. The van der Waals surface area contributed by atoms with Gasteiger partial charge < -0.3 is 14.6 Å². The van der Waals surface area contributed by atoms with E-state index >= 15 is 0 Å². The number of carbonyl (C=O) groups is 1. The lowest BCUT2D eigenvalue weighted by molar-refractivity contribution is -0.149. The van der Waals surface area contributed by atoms with Crippen molar-refractivity contribution in [2.45, 2.75) is 45.1 Å². The van der Waals surface area contributed by atoms with Crippen LogP contribution in [0, 0.1) is 5.92 Å². The highest BCUT2D eigenvalue weighted by molar-refractivity contribution is 5.72. The van der Waals surface area contributed by atoms with E-state index in [9.17, 15) is 4.79 Å². The Hall–Kier alpha value is -1.43. The van der Waals surface area contributed by atoms with E-state index in [1.54, 1.807) is 6.33 Å². The van der Waals surface area contributed by atoms with Crippen molar-refractivity contribution in [3.63, 3.8) is 0 Å². The van der Waals surface area contributed by atoms with Gasteiger partial charge in [0.1, 0.15) is 12.2 Å². The lowest BCUT2D eigenvalue weighted by Crippen LogP contribution is -2.38. The van der Waals surface area contributed by atoms with Gasteiger partial charge in [0, 0.05) is 26.1 Å². The summed E-state index contributed by atoms with van der Waals surface area (Å²) in [6, 6.07) is 0.409. The van der Waals surface area contributed by atoms with E-state index < -0.39 is 0 Å². The van der Waals surface area contributed by atoms with Crippen LogP contribution in [0.1, 0.15) is 38.4 Å². The Morgan fingerprint density at radius 3 is 3.10 bits per heavy atom. The second-order valence-corrected chi connectivity index (χ2v) is 5.37. The molecule has 0 amide bonds. The molecular weight excluding hydrogens is 256 g/mol. The van der Waals surface area contributed by atoms with Crippen molar-refractivity contribution in [2.75, 3.05) is 13.2 Å². The second-order valence-electron chi connectivity index (χ2n) is 5.37. The van der Waals surface area contributed by atoms with Gasteiger partial charge in [0.05, 0.1) is 12.5 Å². The lowest BCUT2D eigenvalue weighted by atomic mass is 9.85. The summed E-state index contributed by atoms with van der Waals surface area (Å²) in [6.45, 7) is 3.20. The molecule has 1 fully saturated rings. The van der Waals surface area contributed by atoms with Crippen LogP contribution < -0.4 is 5.32 Å². The fourth-order valence-corrected chi connectivity index (χ4v) is 2.77. The molecule has 0 saturated heterocycles. The summed E-state index contributed by atoms with van der Waals surface area (Å²) in [6.07, 6.45) is 6.64. The van der Waals surface area contributed by atoms with Crippen LogP contribution in [0.2, 0.25) is 0 Å². The van der Waals surface area contributed by atoms with Gasteiger partial charge in [-0.25, -0.2) is 0 Å². The molecule has 2 unspecified atom stereocenters. The minimum Gasteiger partial charge on any atom is -0.466 e. The van der Waals surface area contributed by atoms with Crippen molar-refractivity contribution < 1.29 is 9.53 Å². The molecule has 1 aromatic heterocycles. The molecule has 1 aromatic rings. The van der Waals surface area contributed by atoms with Crippen molar-refractivity contribution >= 4 is 5.97 Å². The minimum absolute atomic E-state index is 0.0349. The van der Waals surface area contributed by atoms with E-state index in [0.29, 0.717) is 12.6 Å². The third-order valence-corrected chi connectivity index (χ3v) is 3.88. The Kier molecular flexibility index (Phi) is 5.52. The van der Waals surface area contributed by atoms with E-state index in [-0.39, 0.29) is 11.9 Å². The number of hydrogen-bond acceptors (Lipinski definition) is 5. The highest BCUT2D eigenvalue weighted by Gasteiger charge is 2.27. The van der Waals surface area contributed by atoms with Crippen LogP contribution in [0.4, 0.5) is 0 Å². The minimum atomic E-state index is -0.0349. The van der Waals surface area contributed by atoms with Crippen LogP contribution in [0.25, 0.3) is 0 Å². The van der Waals surface area contributed by atoms with Crippen LogP contribution in [0.15, 0.2) is 6.33 Å². The molecule has 6 heteroatoms. The van der Waals surface area contributed by atoms with Crippen LogP contribution in [0.3, 0.4) is 0 Å². The Bertz CT molecular complexity index is 433. The van der Waals surface area contributed by atoms with Crippen LogP contribution >= 0.6 is 0 Å². The van der Waals surface area contributed by atoms with Crippen molar-refractivity contribution in [2.24, 2.45) is 13.0 Å². The summed E-state index contributed by atoms with van der Waals surface area (Å²) in [4.78, 5) is 11.8. The molecule has 1 saturated carbocycles. The summed E-state index contributed by atoms with van der Waals surface area (Å²) < 4.78 is 7.05. The number of aromatic nitrogens is 3. The molecular formula is C14H24N4O2. The Morgan fingerprint density at radius 1 is 1.55 bits per heavy atom. The summed E-state index contributed by atoms with van der Waals surface area (Å²) >= 11 is 0. The molecule has 0 bridgehead atoms. The molecule has 1 N–H and O–H groups in total. The normalized spacial score (nSPS) is 22.7. The number of ether oxygens (including phenoxy) is 1. The summed E-state index contributed by atoms with van der Waals surface area (Å²) in [5, 5.41) is 11.5. The molecule has 0 aliphatic heterocycles. The third-order valence-electron chi connectivity index (χ3n) is 3.88. The molecule has 2 rings (SSSR count). The van der Waals surface area contributed by atoms with Gasteiger partial charge in [-0.3, -0.25) is 4.79 Å². The highest BCUT2D eigenvalue weighted by atomic mass is 16.5. The van der Waals surface area contributed by atoms with Gasteiger partial charge in [0.15, 0.2) is 0 Å². The summed E-state index contributed by atoms with van der Waals surface area (Å²) in [7, 11) is 1.95. The van der Waals surface area contributed by atoms with Gasteiger partial charge in [-0.05, 0) is 26.2 Å². The van der Waals surface area contributed by atoms with Gasteiger partial charge in [-0.2, -0.15) is 0 Å². The Morgan fingerprint density at radius 2 is 2.40 bits per heavy atom. The number of hydrogen-bond donors (Lipinski definition) is 1. The number of aryl methyl sites for hydroxylation is 1. The molecule has 1 heterocycles. The first-order valence-corrected chi connectivity index (χ1v) is 7.43. The zero-order valence-electron chi connectivity index (χ0n) is 12.3.